The SMILES string of the molecule is COCCN1CCC[C@@H]1CNC(=O)[C@@H]1CCCN1C(=O)c1ccco1. The third-order valence-electron chi connectivity index (χ3n) is 5.14. The molecule has 1 aromatic heterocycles. The van der Waals surface area contributed by atoms with Gasteiger partial charge in [-0.2, -0.15) is 0 Å². The minimum Gasteiger partial charge on any atom is -0.459 e. The number of nitrogens with one attached hydrogen (secondary N) is 1. The lowest BCUT2D eigenvalue weighted by molar-refractivity contribution is -0.125. The maximum Gasteiger partial charge on any atom is 0.290 e. The number of rotatable bonds is 7. The Morgan fingerprint density at radius 2 is 2.16 bits per heavy atom. The summed E-state index contributed by atoms with van der Waals surface area (Å²) in [6.45, 7) is 3.88. The first-order chi connectivity index (χ1) is 12.2. The van der Waals surface area contributed by atoms with E-state index in [0.717, 1.165) is 32.4 Å². The van der Waals surface area contributed by atoms with E-state index in [1.807, 2.05) is 0 Å². The van der Waals surface area contributed by atoms with Crippen molar-refractivity contribution in [2.75, 3.05) is 39.9 Å². The van der Waals surface area contributed by atoms with Crippen molar-refractivity contribution in [2.24, 2.45) is 0 Å². The third-order valence-corrected chi connectivity index (χ3v) is 5.14. The first kappa shape index (κ1) is 17.9. The number of amides is 2. The molecule has 2 saturated heterocycles. The Morgan fingerprint density at radius 1 is 1.32 bits per heavy atom. The molecule has 2 amide bonds. The molecule has 2 atom stereocenters. The highest BCUT2D eigenvalue weighted by Gasteiger charge is 2.36. The van der Waals surface area contributed by atoms with E-state index in [4.69, 9.17) is 9.15 Å². The first-order valence-corrected chi connectivity index (χ1v) is 9.06. The highest BCUT2D eigenvalue weighted by atomic mass is 16.5. The molecule has 3 rings (SSSR count). The normalized spacial score (nSPS) is 24.0. The van der Waals surface area contributed by atoms with Crippen molar-refractivity contribution in [3.8, 4) is 0 Å². The molecule has 0 unspecified atom stereocenters. The monoisotopic (exact) mass is 349 g/mol. The summed E-state index contributed by atoms with van der Waals surface area (Å²) >= 11 is 0. The number of nitrogens with zero attached hydrogens (tertiary/aromatic N) is 2. The average Bonchev–Trinajstić information content (AvgIpc) is 3.38. The summed E-state index contributed by atoms with van der Waals surface area (Å²) in [6, 6.07) is 3.29. The first-order valence-electron chi connectivity index (χ1n) is 9.06. The van der Waals surface area contributed by atoms with Gasteiger partial charge in [-0.3, -0.25) is 14.5 Å². The second-order valence-electron chi connectivity index (χ2n) is 6.70. The number of ether oxygens (including phenoxy) is 1. The van der Waals surface area contributed by atoms with Crippen LogP contribution in [-0.2, 0) is 9.53 Å². The van der Waals surface area contributed by atoms with Gasteiger partial charge >= 0.3 is 0 Å². The lowest BCUT2D eigenvalue weighted by Gasteiger charge is -2.27. The van der Waals surface area contributed by atoms with Crippen LogP contribution in [0.25, 0.3) is 0 Å². The van der Waals surface area contributed by atoms with Gasteiger partial charge in [-0.1, -0.05) is 0 Å². The number of likely N-dealkylation sites (tertiary alicyclic amines) is 2. The minimum atomic E-state index is -0.397. The summed E-state index contributed by atoms with van der Waals surface area (Å²) in [5.74, 6) is 0.0301. The Labute approximate surface area is 148 Å². The van der Waals surface area contributed by atoms with Crippen molar-refractivity contribution in [3.63, 3.8) is 0 Å². The zero-order valence-electron chi connectivity index (χ0n) is 14.8. The van der Waals surface area contributed by atoms with Crippen LogP contribution < -0.4 is 5.32 Å². The van der Waals surface area contributed by atoms with Crippen LogP contribution in [0.2, 0.25) is 0 Å². The van der Waals surface area contributed by atoms with E-state index in [9.17, 15) is 9.59 Å². The molecule has 0 bridgehead atoms. The lowest BCUT2D eigenvalue weighted by Crippen LogP contribution is -2.49. The van der Waals surface area contributed by atoms with Gasteiger partial charge in [-0.05, 0) is 44.4 Å². The smallest absolute Gasteiger partial charge is 0.290 e. The molecular weight excluding hydrogens is 322 g/mol. The van der Waals surface area contributed by atoms with Crippen LogP contribution in [-0.4, -0.2) is 73.6 Å². The van der Waals surface area contributed by atoms with Crippen LogP contribution in [0.4, 0.5) is 0 Å². The summed E-state index contributed by atoms with van der Waals surface area (Å²) in [5, 5.41) is 3.06. The van der Waals surface area contributed by atoms with Crippen molar-refractivity contribution in [3.05, 3.63) is 24.2 Å². The zero-order chi connectivity index (χ0) is 17.6. The minimum absolute atomic E-state index is 0.0593. The number of hydrogen-bond acceptors (Lipinski definition) is 5. The maximum atomic E-state index is 12.6. The van der Waals surface area contributed by atoms with Crippen LogP contribution in [0.15, 0.2) is 22.8 Å². The Hall–Kier alpha value is -1.86. The Balaban J connectivity index is 1.52. The van der Waals surface area contributed by atoms with Crippen molar-refractivity contribution in [2.45, 2.75) is 37.8 Å². The Morgan fingerprint density at radius 3 is 2.92 bits per heavy atom. The van der Waals surface area contributed by atoms with Crippen LogP contribution in [0.3, 0.4) is 0 Å². The fourth-order valence-corrected chi connectivity index (χ4v) is 3.79. The predicted molar refractivity (Wildman–Crippen MR) is 92.2 cm³/mol. The Kier molecular flexibility index (Phi) is 6.09. The molecule has 0 aliphatic carbocycles. The molecular formula is C18H27N3O4. The highest BCUT2D eigenvalue weighted by Crippen LogP contribution is 2.21. The van der Waals surface area contributed by atoms with Gasteiger partial charge in [0.1, 0.15) is 6.04 Å². The van der Waals surface area contributed by atoms with Crippen LogP contribution >= 0.6 is 0 Å². The van der Waals surface area contributed by atoms with Gasteiger partial charge in [0.05, 0.1) is 12.9 Å². The maximum absolute atomic E-state index is 12.6. The van der Waals surface area contributed by atoms with E-state index in [-0.39, 0.29) is 11.8 Å². The summed E-state index contributed by atoms with van der Waals surface area (Å²) in [5.41, 5.74) is 0. The molecule has 1 aromatic rings. The van der Waals surface area contributed by atoms with E-state index in [1.54, 1.807) is 24.1 Å². The molecule has 0 radical (unpaired) electrons. The van der Waals surface area contributed by atoms with E-state index >= 15 is 0 Å². The van der Waals surface area contributed by atoms with Crippen LogP contribution in [0, 0.1) is 0 Å². The molecule has 1 N–H and O–H groups in total. The number of carbonyl (C=O) groups is 2. The molecule has 0 aromatic carbocycles. The van der Waals surface area contributed by atoms with Crippen molar-refractivity contribution in [1.29, 1.82) is 0 Å². The molecule has 2 aliphatic rings. The molecule has 2 fully saturated rings. The van der Waals surface area contributed by atoms with Gasteiger partial charge < -0.3 is 19.4 Å². The van der Waals surface area contributed by atoms with E-state index in [0.29, 0.717) is 37.9 Å². The molecule has 2 aliphatic heterocycles. The second-order valence-corrected chi connectivity index (χ2v) is 6.70. The largest absolute Gasteiger partial charge is 0.459 e. The van der Waals surface area contributed by atoms with E-state index in [2.05, 4.69) is 10.2 Å². The van der Waals surface area contributed by atoms with Gasteiger partial charge in [0.2, 0.25) is 5.91 Å². The Bertz CT molecular complexity index is 575. The summed E-state index contributed by atoms with van der Waals surface area (Å²) in [7, 11) is 1.71. The average molecular weight is 349 g/mol. The summed E-state index contributed by atoms with van der Waals surface area (Å²) in [4.78, 5) is 29.1. The number of hydrogen-bond donors (Lipinski definition) is 1. The number of furan rings is 1. The van der Waals surface area contributed by atoms with Crippen molar-refractivity contribution in [1.82, 2.24) is 15.1 Å². The van der Waals surface area contributed by atoms with Crippen molar-refractivity contribution < 1.29 is 18.7 Å². The summed E-state index contributed by atoms with van der Waals surface area (Å²) < 4.78 is 10.3. The van der Waals surface area contributed by atoms with Gasteiger partial charge in [-0.15, -0.1) is 0 Å². The van der Waals surface area contributed by atoms with E-state index < -0.39 is 6.04 Å². The second kappa shape index (κ2) is 8.49. The molecule has 0 saturated carbocycles. The van der Waals surface area contributed by atoms with Crippen LogP contribution in [0.1, 0.15) is 36.2 Å². The zero-order valence-corrected chi connectivity index (χ0v) is 14.8. The fourth-order valence-electron chi connectivity index (χ4n) is 3.79. The molecule has 0 spiro atoms. The summed E-state index contributed by atoms with van der Waals surface area (Å²) in [6.07, 6.45) is 5.26. The van der Waals surface area contributed by atoms with Crippen LogP contribution in [0.5, 0.6) is 0 Å². The fraction of sp³-hybridized carbons (Fsp3) is 0.667. The van der Waals surface area contributed by atoms with Crippen molar-refractivity contribution >= 4 is 11.8 Å². The molecule has 3 heterocycles. The topological polar surface area (TPSA) is 75.0 Å². The third kappa shape index (κ3) is 4.22. The van der Waals surface area contributed by atoms with Gasteiger partial charge in [0, 0.05) is 32.8 Å². The highest BCUT2D eigenvalue weighted by molar-refractivity contribution is 5.95. The van der Waals surface area contributed by atoms with Gasteiger partial charge in [0.25, 0.3) is 5.91 Å². The number of carbonyl (C=O) groups excluding carboxylic acids is 2. The predicted octanol–water partition coefficient (Wildman–Crippen LogP) is 1.11. The molecule has 25 heavy (non-hydrogen) atoms. The van der Waals surface area contributed by atoms with Gasteiger partial charge in [-0.25, -0.2) is 0 Å². The number of methoxy groups -OCH3 is 1. The van der Waals surface area contributed by atoms with E-state index in [1.165, 1.54) is 6.26 Å². The molecule has 7 nitrogen and oxygen atoms in total. The molecule has 7 heteroatoms. The molecule has 138 valence electrons. The quantitative estimate of drug-likeness (QED) is 0.798. The lowest BCUT2D eigenvalue weighted by atomic mass is 10.1. The van der Waals surface area contributed by atoms with Gasteiger partial charge in [0.15, 0.2) is 5.76 Å². The standard InChI is InChI=1S/C18H27N3O4/c1-24-12-10-20-8-2-5-14(20)13-19-17(22)15-6-3-9-21(15)18(23)16-7-4-11-25-16/h4,7,11,14-15H,2-3,5-6,8-10,12-13H2,1H3,(H,19,22)/t14-,15+/m1/s1.